The number of benzene rings is 1. The molecule has 0 bridgehead atoms. The van der Waals surface area contributed by atoms with E-state index < -0.39 is 29.5 Å². The number of β-amino-alcohol motifs (C(OH)–C–C–N with tert-alkyl or cyclic N) is 2. The smallest absolute Gasteiger partial charge is 0.389 e. The average molecular weight is 272 g/mol. The zero-order valence-electron chi connectivity index (χ0n) is 9.72. The summed E-state index contributed by atoms with van der Waals surface area (Å²) in [6.45, 7) is 0.245. The molecule has 0 aromatic heterocycles. The largest absolute Gasteiger partial charge is 0.417 e. The molecule has 1 aromatic rings. The van der Waals surface area contributed by atoms with Gasteiger partial charge in [-0.15, -0.1) is 0 Å². The van der Waals surface area contributed by atoms with Crippen LogP contribution in [0, 0.1) is 11.3 Å². The average Bonchev–Trinajstić information content (AvgIpc) is 2.67. The highest BCUT2D eigenvalue weighted by molar-refractivity contribution is 5.56. The van der Waals surface area contributed by atoms with Crippen molar-refractivity contribution in [2.24, 2.45) is 0 Å². The summed E-state index contributed by atoms with van der Waals surface area (Å²) in [6.07, 6.45) is -6.45. The molecule has 102 valence electrons. The van der Waals surface area contributed by atoms with Gasteiger partial charge in [0, 0.05) is 18.8 Å². The molecule has 2 atom stereocenters. The molecule has 1 aromatic carbocycles. The van der Waals surface area contributed by atoms with Crippen LogP contribution < -0.4 is 4.90 Å². The first kappa shape index (κ1) is 13.6. The molecule has 2 rings (SSSR count). The van der Waals surface area contributed by atoms with Crippen molar-refractivity contribution >= 4 is 5.69 Å². The van der Waals surface area contributed by atoms with Gasteiger partial charge < -0.3 is 15.1 Å². The van der Waals surface area contributed by atoms with Gasteiger partial charge in [-0.2, -0.15) is 18.4 Å². The second kappa shape index (κ2) is 4.72. The summed E-state index contributed by atoms with van der Waals surface area (Å²) in [4.78, 5) is 1.54. The zero-order chi connectivity index (χ0) is 14.2. The van der Waals surface area contributed by atoms with E-state index in [1.807, 2.05) is 0 Å². The third-order valence-electron chi connectivity index (χ3n) is 3.05. The van der Waals surface area contributed by atoms with Gasteiger partial charge in [-0.3, -0.25) is 0 Å². The van der Waals surface area contributed by atoms with E-state index >= 15 is 0 Å². The van der Waals surface area contributed by atoms with Crippen molar-refractivity contribution < 1.29 is 23.4 Å². The first-order valence-electron chi connectivity index (χ1n) is 5.55. The Morgan fingerprint density at radius 2 is 1.79 bits per heavy atom. The standard InChI is InChI=1S/C12H11F3N2O2/c13-12(14,15)9-2-1-8(3-7(9)4-16)17-5-10(18)11(19)6-17/h1-3,10-11,18-19H,5-6H2. The molecule has 0 saturated carbocycles. The van der Waals surface area contributed by atoms with Gasteiger partial charge in [0.2, 0.25) is 0 Å². The zero-order valence-corrected chi connectivity index (χ0v) is 9.72. The maximum atomic E-state index is 12.6. The Bertz CT molecular complexity index is 515. The fraction of sp³-hybridized carbons (Fsp3) is 0.417. The van der Waals surface area contributed by atoms with Gasteiger partial charge in [0.25, 0.3) is 0 Å². The molecular weight excluding hydrogens is 261 g/mol. The molecule has 1 aliphatic heterocycles. The van der Waals surface area contributed by atoms with Crippen LogP contribution in [0.2, 0.25) is 0 Å². The number of nitriles is 1. The van der Waals surface area contributed by atoms with Crippen LogP contribution in [0.1, 0.15) is 11.1 Å². The van der Waals surface area contributed by atoms with Gasteiger partial charge in [-0.25, -0.2) is 0 Å². The lowest BCUT2D eigenvalue weighted by atomic mass is 10.1. The summed E-state index contributed by atoms with van der Waals surface area (Å²) in [7, 11) is 0. The number of halogens is 3. The summed E-state index contributed by atoms with van der Waals surface area (Å²) in [5.74, 6) is 0. The van der Waals surface area contributed by atoms with Gasteiger partial charge in [-0.05, 0) is 18.2 Å². The second-order valence-electron chi connectivity index (χ2n) is 4.38. The summed E-state index contributed by atoms with van der Waals surface area (Å²) in [6, 6.07) is 4.70. The number of aliphatic hydroxyl groups excluding tert-OH is 2. The van der Waals surface area contributed by atoms with Crippen molar-refractivity contribution in [3.05, 3.63) is 29.3 Å². The van der Waals surface area contributed by atoms with E-state index in [-0.39, 0.29) is 13.1 Å². The quantitative estimate of drug-likeness (QED) is 0.804. The van der Waals surface area contributed by atoms with Gasteiger partial charge in [0.1, 0.15) is 0 Å². The molecule has 0 aliphatic carbocycles. The number of anilines is 1. The van der Waals surface area contributed by atoms with Crippen LogP contribution in [0.15, 0.2) is 18.2 Å². The predicted octanol–water partition coefficient (Wildman–Crippen LogP) is 1.12. The Kier molecular flexibility index (Phi) is 3.39. The van der Waals surface area contributed by atoms with Crippen molar-refractivity contribution in [1.82, 2.24) is 0 Å². The minimum atomic E-state index is -4.58. The summed E-state index contributed by atoms with van der Waals surface area (Å²) >= 11 is 0. The lowest BCUT2D eigenvalue weighted by Gasteiger charge is -2.19. The second-order valence-corrected chi connectivity index (χ2v) is 4.38. The maximum Gasteiger partial charge on any atom is 0.417 e. The Labute approximate surface area is 107 Å². The van der Waals surface area contributed by atoms with E-state index in [9.17, 15) is 23.4 Å². The molecule has 0 radical (unpaired) electrons. The van der Waals surface area contributed by atoms with Gasteiger partial charge in [0.05, 0.1) is 29.4 Å². The number of hydrogen-bond donors (Lipinski definition) is 2. The molecular formula is C12H11F3N2O2. The van der Waals surface area contributed by atoms with Gasteiger partial charge in [0.15, 0.2) is 0 Å². The molecule has 1 heterocycles. The minimum absolute atomic E-state index is 0.122. The molecule has 1 aliphatic rings. The summed E-state index contributed by atoms with van der Waals surface area (Å²) in [5, 5.41) is 27.6. The first-order valence-corrected chi connectivity index (χ1v) is 5.55. The van der Waals surface area contributed by atoms with Crippen molar-refractivity contribution in [3.63, 3.8) is 0 Å². The Morgan fingerprint density at radius 3 is 2.26 bits per heavy atom. The molecule has 19 heavy (non-hydrogen) atoms. The van der Waals surface area contributed by atoms with Crippen LogP contribution in [0.3, 0.4) is 0 Å². The number of rotatable bonds is 1. The fourth-order valence-electron chi connectivity index (χ4n) is 2.05. The SMILES string of the molecule is N#Cc1cc(N2CC(O)C(O)C2)ccc1C(F)(F)F. The number of aliphatic hydroxyl groups is 2. The van der Waals surface area contributed by atoms with Gasteiger partial charge in [-0.1, -0.05) is 0 Å². The third kappa shape index (κ3) is 2.64. The van der Waals surface area contributed by atoms with E-state index in [1.54, 1.807) is 0 Å². The van der Waals surface area contributed by atoms with E-state index in [0.29, 0.717) is 5.69 Å². The third-order valence-corrected chi connectivity index (χ3v) is 3.05. The van der Waals surface area contributed by atoms with E-state index in [1.165, 1.54) is 17.0 Å². The highest BCUT2D eigenvalue weighted by atomic mass is 19.4. The molecule has 1 fully saturated rings. The topological polar surface area (TPSA) is 67.5 Å². The first-order chi connectivity index (χ1) is 8.82. The molecule has 0 spiro atoms. The van der Waals surface area contributed by atoms with E-state index in [0.717, 1.165) is 12.1 Å². The summed E-state index contributed by atoms with van der Waals surface area (Å²) in [5.41, 5.74) is -1.08. The normalized spacial score (nSPS) is 23.5. The Morgan fingerprint density at radius 1 is 1.21 bits per heavy atom. The molecule has 7 heteroatoms. The molecule has 0 amide bonds. The lowest BCUT2D eigenvalue weighted by Crippen LogP contribution is -2.22. The Balaban J connectivity index is 2.34. The molecule has 1 saturated heterocycles. The van der Waals surface area contributed by atoms with Gasteiger partial charge >= 0.3 is 6.18 Å². The van der Waals surface area contributed by atoms with Crippen LogP contribution in [-0.2, 0) is 6.18 Å². The van der Waals surface area contributed by atoms with Crippen molar-refractivity contribution in [1.29, 1.82) is 5.26 Å². The molecule has 2 N–H and O–H groups in total. The maximum absolute atomic E-state index is 12.6. The highest BCUT2D eigenvalue weighted by Gasteiger charge is 2.35. The predicted molar refractivity (Wildman–Crippen MR) is 60.4 cm³/mol. The fourth-order valence-corrected chi connectivity index (χ4v) is 2.05. The van der Waals surface area contributed by atoms with Crippen LogP contribution in [0.4, 0.5) is 18.9 Å². The van der Waals surface area contributed by atoms with Crippen LogP contribution in [-0.4, -0.2) is 35.5 Å². The monoisotopic (exact) mass is 272 g/mol. The number of hydrogen-bond acceptors (Lipinski definition) is 4. The molecule has 4 nitrogen and oxygen atoms in total. The van der Waals surface area contributed by atoms with E-state index in [2.05, 4.69) is 0 Å². The number of nitrogens with zero attached hydrogens (tertiary/aromatic N) is 2. The summed E-state index contributed by atoms with van der Waals surface area (Å²) < 4.78 is 37.9. The lowest BCUT2D eigenvalue weighted by molar-refractivity contribution is -0.137. The van der Waals surface area contributed by atoms with Crippen molar-refractivity contribution in [2.75, 3.05) is 18.0 Å². The van der Waals surface area contributed by atoms with Crippen LogP contribution >= 0.6 is 0 Å². The number of alkyl halides is 3. The highest BCUT2D eigenvalue weighted by Crippen LogP contribution is 2.34. The molecule has 2 unspecified atom stereocenters. The van der Waals surface area contributed by atoms with Crippen molar-refractivity contribution in [3.8, 4) is 6.07 Å². The van der Waals surface area contributed by atoms with Crippen LogP contribution in [0.25, 0.3) is 0 Å². The van der Waals surface area contributed by atoms with Crippen molar-refractivity contribution in [2.45, 2.75) is 18.4 Å². The Hall–Kier alpha value is -1.78. The van der Waals surface area contributed by atoms with E-state index in [4.69, 9.17) is 5.26 Å². The van der Waals surface area contributed by atoms with Crippen LogP contribution in [0.5, 0.6) is 0 Å². The minimum Gasteiger partial charge on any atom is -0.389 e.